The van der Waals surface area contributed by atoms with Gasteiger partial charge in [-0.25, -0.2) is 0 Å². The van der Waals surface area contributed by atoms with Crippen LogP contribution in [0, 0.1) is 0 Å². The van der Waals surface area contributed by atoms with Crippen LogP contribution in [0.4, 0.5) is 11.4 Å². The Morgan fingerprint density at radius 3 is 2.76 bits per heavy atom. The smallest absolute Gasteiger partial charge is 0.0397 e. The molecular weight excluding hydrogens is 210 g/mol. The average molecular weight is 231 g/mol. The van der Waals surface area contributed by atoms with Crippen molar-refractivity contribution in [3.8, 4) is 0 Å². The highest BCUT2D eigenvalue weighted by Crippen LogP contribution is 2.30. The van der Waals surface area contributed by atoms with Gasteiger partial charge in [0, 0.05) is 51.1 Å². The summed E-state index contributed by atoms with van der Waals surface area (Å²) in [6.07, 6.45) is 2.52. The summed E-state index contributed by atoms with van der Waals surface area (Å²) >= 11 is 0. The Hall–Kier alpha value is -1.22. The number of aryl methyl sites for hydroxylation is 1. The molecule has 1 aromatic rings. The molecule has 2 aliphatic heterocycles. The molecule has 0 aromatic heterocycles. The Balaban J connectivity index is 1.86. The molecule has 3 nitrogen and oxygen atoms in total. The van der Waals surface area contributed by atoms with Crippen LogP contribution >= 0.6 is 0 Å². The molecule has 92 valence electrons. The molecule has 0 spiro atoms. The van der Waals surface area contributed by atoms with Gasteiger partial charge in [0.05, 0.1) is 0 Å². The molecule has 0 aliphatic carbocycles. The topological polar surface area (TPSA) is 18.5 Å². The van der Waals surface area contributed by atoms with E-state index in [4.69, 9.17) is 0 Å². The number of hydrogen-bond acceptors (Lipinski definition) is 3. The lowest BCUT2D eigenvalue weighted by molar-refractivity contribution is 0.589. The van der Waals surface area contributed by atoms with E-state index in [0.29, 0.717) is 0 Å². The third kappa shape index (κ3) is 2.12. The molecule has 17 heavy (non-hydrogen) atoms. The van der Waals surface area contributed by atoms with E-state index in [9.17, 15) is 0 Å². The summed E-state index contributed by atoms with van der Waals surface area (Å²) in [6, 6.07) is 6.98. The summed E-state index contributed by atoms with van der Waals surface area (Å²) in [4.78, 5) is 4.87. The fourth-order valence-electron chi connectivity index (χ4n) is 2.89. The SMILES string of the molecule is CN1CCCc2cc(N3CCNCC3)ccc21. The summed E-state index contributed by atoms with van der Waals surface area (Å²) in [6.45, 7) is 5.68. The van der Waals surface area contributed by atoms with E-state index in [1.807, 2.05) is 0 Å². The molecule has 1 fully saturated rings. The largest absolute Gasteiger partial charge is 0.374 e. The van der Waals surface area contributed by atoms with E-state index >= 15 is 0 Å². The number of benzene rings is 1. The van der Waals surface area contributed by atoms with Gasteiger partial charge in [0.1, 0.15) is 0 Å². The van der Waals surface area contributed by atoms with Gasteiger partial charge < -0.3 is 15.1 Å². The minimum atomic E-state index is 1.11. The minimum Gasteiger partial charge on any atom is -0.374 e. The highest BCUT2D eigenvalue weighted by molar-refractivity contribution is 5.63. The Bertz CT molecular complexity index is 396. The standard InChI is InChI=1S/C14H21N3/c1-16-8-2-3-12-11-13(4-5-14(12)16)17-9-6-15-7-10-17/h4-5,11,15H,2-3,6-10H2,1H3. The molecular formula is C14H21N3. The van der Waals surface area contributed by atoms with Gasteiger partial charge in [-0.1, -0.05) is 0 Å². The third-order valence-corrected chi connectivity index (χ3v) is 3.90. The second-order valence-corrected chi connectivity index (χ2v) is 5.08. The maximum Gasteiger partial charge on any atom is 0.0397 e. The maximum atomic E-state index is 3.40. The monoisotopic (exact) mass is 231 g/mol. The van der Waals surface area contributed by atoms with Crippen molar-refractivity contribution in [1.82, 2.24) is 5.32 Å². The van der Waals surface area contributed by atoms with Crippen molar-refractivity contribution in [3.05, 3.63) is 23.8 Å². The summed E-state index contributed by atoms with van der Waals surface area (Å²) in [7, 11) is 2.20. The van der Waals surface area contributed by atoms with E-state index in [1.165, 1.54) is 36.3 Å². The van der Waals surface area contributed by atoms with Gasteiger partial charge >= 0.3 is 0 Å². The molecule has 0 bridgehead atoms. The molecule has 0 atom stereocenters. The van der Waals surface area contributed by atoms with Gasteiger partial charge in [0.25, 0.3) is 0 Å². The summed E-state index contributed by atoms with van der Waals surface area (Å²) in [5, 5.41) is 3.40. The van der Waals surface area contributed by atoms with Crippen molar-refractivity contribution in [2.75, 3.05) is 49.6 Å². The molecule has 1 N–H and O–H groups in total. The van der Waals surface area contributed by atoms with Crippen LogP contribution in [-0.4, -0.2) is 39.8 Å². The van der Waals surface area contributed by atoms with Crippen molar-refractivity contribution >= 4 is 11.4 Å². The molecule has 2 aliphatic rings. The number of anilines is 2. The van der Waals surface area contributed by atoms with Crippen LogP contribution in [0.2, 0.25) is 0 Å². The zero-order chi connectivity index (χ0) is 11.7. The van der Waals surface area contributed by atoms with Crippen molar-refractivity contribution in [1.29, 1.82) is 0 Å². The summed E-state index contributed by atoms with van der Waals surface area (Å²) in [5.41, 5.74) is 4.35. The summed E-state index contributed by atoms with van der Waals surface area (Å²) in [5.74, 6) is 0. The predicted octanol–water partition coefficient (Wildman–Crippen LogP) is 1.48. The Labute approximate surface area is 103 Å². The van der Waals surface area contributed by atoms with Crippen LogP contribution in [0.1, 0.15) is 12.0 Å². The molecule has 0 saturated carbocycles. The fraction of sp³-hybridized carbons (Fsp3) is 0.571. The summed E-state index contributed by atoms with van der Waals surface area (Å²) < 4.78 is 0. The van der Waals surface area contributed by atoms with Gasteiger partial charge in [-0.15, -0.1) is 0 Å². The van der Waals surface area contributed by atoms with Crippen molar-refractivity contribution in [2.45, 2.75) is 12.8 Å². The van der Waals surface area contributed by atoms with Gasteiger partial charge in [-0.2, -0.15) is 0 Å². The number of nitrogens with one attached hydrogen (secondary N) is 1. The normalized spacial score (nSPS) is 20.3. The van der Waals surface area contributed by atoms with Crippen molar-refractivity contribution in [3.63, 3.8) is 0 Å². The molecule has 0 amide bonds. The fourth-order valence-corrected chi connectivity index (χ4v) is 2.89. The van der Waals surface area contributed by atoms with E-state index in [-0.39, 0.29) is 0 Å². The second-order valence-electron chi connectivity index (χ2n) is 5.08. The molecule has 3 rings (SSSR count). The first kappa shape index (κ1) is 10.9. The first-order valence-corrected chi connectivity index (χ1v) is 6.64. The predicted molar refractivity (Wildman–Crippen MR) is 73.1 cm³/mol. The highest BCUT2D eigenvalue weighted by Gasteiger charge is 2.16. The van der Waals surface area contributed by atoms with E-state index in [0.717, 1.165) is 26.2 Å². The van der Waals surface area contributed by atoms with Crippen molar-refractivity contribution < 1.29 is 0 Å². The molecule has 2 heterocycles. The molecule has 3 heteroatoms. The van der Waals surface area contributed by atoms with Gasteiger partial charge in [-0.3, -0.25) is 0 Å². The van der Waals surface area contributed by atoms with Crippen LogP contribution in [0.5, 0.6) is 0 Å². The Morgan fingerprint density at radius 2 is 1.94 bits per heavy atom. The average Bonchev–Trinajstić information content (AvgIpc) is 2.40. The maximum absolute atomic E-state index is 3.40. The van der Waals surface area contributed by atoms with Crippen LogP contribution < -0.4 is 15.1 Å². The lowest BCUT2D eigenvalue weighted by Gasteiger charge is -2.32. The first-order chi connectivity index (χ1) is 8.34. The van der Waals surface area contributed by atoms with E-state index in [1.54, 1.807) is 0 Å². The van der Waals surface area contributed by atoms with Crippen molar-refractivity contribution in [2.24, 2.45) is 0 Å². The minimum absolute atomic E-state index is 1.11. The van der Waals surface area contributed by atoms with Crippen LogP contribution in [0.3, 0.4) is 0 Å². The van der Waals surface area contributed by atoms with Crippen LogP contribution in [0.25, 0.3) is 0 Å². The zero-order valence-electron chi connectivity index (χ0n) is 10.6. The van der Waals surface area contributed by atoms with E-state index < -0.39 is 0 Å². The number of fused-ring (bicyclic) bond motifs is 1. The lowest BCUT2D eigenvalue weighted by Crippen LogP contribution is -2.43. The van der Waals surface area contributed by atoms with E-state index in [2.05, 4.69) is 40.4 Å². The highest BCUT2D eigenvalue weighted by atomic mass is 15.2. The first-order valence-electron chi connectivity index (χ1n) is 6.64. The third-order valence-electron chi connectivity index (χ3n) is 3.90. The number of nitrogens with zero attached hydrogens (tertiary/aromatic N) is 2. The van der Waals surface area contributed by atoms with Gasteiger partial charge in [0.2, 0.25) is 0 Å². The van der Waals surface area contributed by atoms with Crippen LogP contribution in [0.15, 0.2) is 18.2 Å². The number of rotatable bonds is 1. The zero-order valence-corrected chi connectivity index (χ0v) is 10.6. The quantitative estimate of drug-likeness (QED) is 0.790. The van der Waals surface area contributed by atoms with Gasteiger partial charge in [-0.05, 0) is 36.6 Å². The number of piperazine rings is 1. The molecule has 1 saturated heterocycles. The molecule has 1 aromatic carbocycles. The van der Waals surface area contributed by atoms with Gasteiger partial charge in [0.15, 0.2) is 0 Å². The second kappa shape index (κ2) is 4.57. The number of hydrogen-bond donors (Lipinski definition) is 1. The Kier molecular flexibility index (Phi) is 2.93. The van der Waals surface area contributed by atoms with Crippen LogP contribution in [-0.2, 0) is 6.42 Å². The molecule has 0 unspecified atom stereocenters. The molecule has 0 radical (unpaired) electrons. The Morgan fingerprint density at radius 1 is 1.12 bits per heavy atom. The lowest BCUT2D eigenvalue weighted by atomic mass is 10.0.